The molecule has 0 saturated heterocycles. The lowest BCUT2D eigenvalue weighted by Gasteiger charge is -2.27. The topological polar surface area (TPSA) is 52.6 Å². The minimum atomic E-state index is -5.44. The van der Waals surface area contributed by atoms with Crippen LogP contribution in [0.1, 0.15) is 0 Å². The molecule has 0 bridgehead atoms. The summed E-state index contributed by atoms with van der Waals surface area (Å²) in [7, 11) is -4.61. The predicted octanol–water partition coefficient (Wildman–Crippen LogP) is 2.18. The Kier molecular flexibility index (Phi) is 4.90. The molecule has 0 aliphatic heterocycles. The van der Waals surface area contributed by atoms with Gasteiger partial charge >= 0.3 is 32.9 Å². The second kappa shape index (κ2) is 5.99. The zero-order chi connectivity index (χ0) is 17.2. The fraction of sp³-hybridized carbons (Fsp3) is 0.273. The van der Waals surface area contributed by atoms with Crippen LogP contribution < -0.4 is 5.19 Å². The fourth-order valence-electron chi connectivity index (χ4n) is 1.35. The Morgan fingerprint density at radius 3 is 1.55 bits per heavy atom. The smallest absolute Gasteiger partial charge is 0.475 e. The van der Waals surface area contributed by atoms with Crippen LogP contribution in [0, 0.1) is 0 Å². The van der Waals surface area contributed by atoms with E-state index in [-0.39, 0.29) is 5.19 Å². The zero-order valence-electron chi connectivity index (χ0n) is 10.8. The highest BCUT2D eigenvalue weighted by molar-refractivity contribution is 6.82. The number of alkyl halides is 6. The van der Waals surface area contributed by atoms with E-state index in [1.165, 1.54) is 18.2 Å². The highest BCUT2D eigenvalue weighted by Crippen LogP contribution is 2.24. The standard InChI is InChI=1S/C11H8F6O4Si/c1-22(7-5-3-2-4-6-7,20-8(18)10(12,13)14)21-9(19)11(15,16)17/h2-6H,1H3. The molecule has 0 N–H and O–H groups in total. The van der Waals surface area contributed by atoms with E-state index in [0.29, 0.717) is 0 Å². The van der Waals surface area contributed by atoms with Crippen molar-refractivity contribution >= 4 is 25.7 Å². The van der Waals surface area contributed by atoms with E-state index in [1.54, 1.807) is 0 Å². The van der Waals surface area contributed by atoms with Crippen molar-refractivity contribution < 1.29 is 44.8 Å². The van der Waals surface area contributed by atoms with Gasteiger partial charge in [0.15, 0.2) is 0 Å². The van der Waals surface area contributed by atoms with E-state index in [0.717, 1.165) is 18.7 Å². The number of halogens is 6. The van der Waals surface area contributed by atoms with Gasteiger partial charge in [0, 0.05) is 11.7 Å². The molecule has 22 heavy (non-hydrogen) atoms. The first-order valence-electron chi connectivity index (χ1n) is 5.52. The van der Waals surface area contributed by atoms with Gasteiger partial charge in [0.05, 0.1) is 0 Å². The minimum Gasteiger partial charge on any atom is -0.475 e. The van der Waals surface area contributed by atoms with Crippen LogP contribution in [0.15, 0.2) is 30.3 Å². The average molecular weight is 346 g/mol. The van der Waals surface area contributed by atoms with Gasteiger partial charge in [-0.1, -0.05) is 30.3 Å². The molecule has 0 radical (unpaired) electrons. The monoisotopic (exact) mass is 346 g/mol. The number of hydrogen-bond donors (Lipinski definition) is 0. The van der Waals surface area contributed by atoms with Gasteiger partial charge in [-0.2, -0.15) is 26.3 Å². The summed E-state index contributed by atoms with van der Waals surface area (Å²) in [4.78, 5) is 21.8. The third kappa shape index (κ3) is 4.48. The van der Waals surface area contributed by atoms with Crippen molar-refractivity contribution in [1.82, 2.24) is 0 Å². The lowest BCUT2D eigenvalue weighted by Crippen LogP contribution is -2.56. The summed E-state index contributed by atoms with van der Waals surface area (Å²) in [5, 5.41) is -0.245. The van der Waals surface area contributed by atoms with Crippen LogP contribution in [0.4, 0.5) is 26.3 Å². The Bertz CT molecular complexity index is 526. The first kappa shape index (κ1) is 18.0. The van der Waals surface area contributed by atoms with Crippen LogP contribution in [0.5, 0.6) is 0 Å². The summed E-state index contributed by atoms with van der Waals surface area (Å²) in [5.74, 6) is -5.47. The normalized spacial score (nSPS) is 12.7. The van der Waals surface area contributed by atoms with Crippen LogP contribution in [0.25, 0.3) is 0 Å². The molecule has 0 fully saturated rings. The molecule has 11 heteroatoms. The average Bonchev–Trinajstić information content (AvgIpc) is 2.37. The van der Waals surface area contributed by atoms with E-state index in [1.807, 2.05) is 0 Å². The Balaban J connectivity index is 3.16. The van der Waals surface area contributed by atoms with Gasteiger partial charge in [-0.05, 0) is 0 Å². The molecule has 1 rings (SSSR count). The molecule has 0 aliphatic carbocycles. The van der Waals surface area contributed by atoms with Crippen LogP contribution in [0.3, 0.4) is 0 Å². The number of hydrogen-bond acceptors (Lipinski definition) is 4. The molecule has 122 valence electrons. The van der Waals surface area contributed by atoms with Crippen molar-refractivity contribution in [3.63, 3.8) is 0 Å². The van der Waals surface area contributed by atoms with E-state index in [4.69, 9.17) is 0 Å². The lowest BCUT2D eigenvalue weighted by atomic mass is 10.4. The van der Waals surface area contributed by atoms with Crippen molar-refractivity contribution in [2.75, 3.05) is 0 Å². The van der Waals surface area contributed by atoms with Gasteiger partial charge in [0.2, 0.25) is 0 Å². The Morgan fingerprint density at radius 2 is 1.23 bits per heavy atom. The molecule has 1 aromatic rings. The summed E-state index contributed by atoms with van der Waals surface area (Å²) in [5.41, 5.74) is 0. The van der Waals surface area contributed by atoms with Crippen LogP contribution in [0.2, 0.25) is 6.55 Å². The van der Waals surface area contributed by atoms with Gasteiger partial charge in [-0.15, -0.1) is 0 Å². The van der Waals surface area contributed by atoms with Gasteiger partial charge in [0.1, 0.15) is 0 Å². The number of rotatable bonds is 3. The van der Waals surface area contributed by atoms with Gasteiger partial charge < -0.3 is 8.85 Å². The van der Waals surface area contributed by atoms with Crippen molar-refractivity contribution in [3.8, 4) is 0 Å². The van der Waals surface area contributed by atoms with Crippen molar-refractivity contribution in [2.45, 2.75) is 18.9 Å². The first-order valence-corrected chi connectivity index (χ1v) is 7.84. The van der Waals surface area contributed by atoms with Crippen molar-refractivity contribution in [2.24, 2.45) is 0 Å². The Morgan fingerprint density at radius 1 is 0.864 bits per heavy atom. The third-order valence-electron chi connectivity index (χ3n) is 2.34. The molecule has 0 saturated carbocycles. The van der Waals surface area contributed by atoms with Crippen LogP contribution >= 0.6 is 0 Å². The predicted molar refractivity (Wildman–Crippen MR) is 62.0 cm³/mol. The molecule has 0 aromatic heterocycles. The summed E-state index contributed by atoms with van der Waals surface area (Å²) in [6, 6.07) is 6.18. The quantitative estimate of drug-likeness (QED) is 0.622. The molecule has 0 heterocycles. The molecule has 4 nitrogen and oxygen atoms in total. The highest BCUT2D eigenvalue weighted by atomic mass is 28.4. The maximum atomic E-state index is 12.3. The molecule has 0 aliphatic rings. The van der Waals surface area contributed by atoms with E-state index in [2.05, 4.69) is 8.85 Å². The maximum absolute atomic E-state index is 12.3. The second-order valence-electron chi connectivity index (χ2n) is 4.09. The van der Waals surface area contributed by atoms with Crippen LogP contribution in [-0.2, 0) is 18.4 Å². The Labute approximate surface area is 120 Å². The van der Waals surface area contributed by atoms with E-state index >= 15 is 0 Å². The second-order valence-corrected chi connectivity index (χ2v) is 6.96. The van der Waals surface area contributed by atoms with Gasteiger partial charge in [-0.25, -0.2) is 9.59 Å². The van der Waals surface area contributed by atoms with Gasteiger partial charge in [0.25, 0.3) is 0 Å². The van der Waals surface area contributed by atoms with Crippen molar-refractivity contribution in [1.29, 1.82) is 0 Å². The minimum absolute atomic E-state index is 0.245. The van der Waals surface area contributed by atoms with Crippen molar-refractivity contribution in [3.05, 3.63) is 30.3 Å². The highest BCUT2D eigenvalue weighted by Gasteiger charge is 2.53. The lowest BCUT2D eigenvalue weighted by molar-refractivity contribution is -0.198. The molecular formula is C11H8F6O4Si. The Hall–Kier alpha value is -2.04. The molecule has 0 amide bonds. The number of benzene rings is 1. The molecule has 1 aromatic carbocycles. The summed E-state index contributed by atoms with van der Waals surface area (Å²) >= 11 is 0. The summed E-state index contributed by atoms with van der Waals surface area (Å²) in [6.07, 6.45) is -10.9. The fourth-order valence-corrected chi connectivity index (χ4v) is 3.36. The van der Waals surface area contributed by atoms with E-state index in [9.17, 15) is 35.9 Å². The third-order valence-corrected chi connectivity index (χ3v) is 4.87. The summed E-state index contributed by atoms with van der Waals surface area (Å²) < 4.78 is 81.7. The maximum Gasteiger partial charge on any atom is 0.496 e. The summed E-state index contributed by atoms with van der Waals surface area (Å²) in [6.45, 7) is 0.732. The largest absolute Gasteiger partial charge is 0.496 e. The SMILES string of the molecule is C[Si](OC(=O)C(F)(F)F)(OC(=O)C(F)(F)F)c1ccccc1. The zero-order valence-corrected chi connectivity index (χ0v) is 11.8. The molecule has 0 unspecified atom stereocenters. The molecular weight excluding hydrogens is 338 g/mol. The van der Waals surface area contributed by atoms with Crippen LogP contribution in [-0.4, -0.2) is 32.9 Å². The molecule has 0 atom stereocenters. The first-order chi connectivity index (χ1) is 9.86. The number of carbonyl (C=O) groups excluding carboxylic acids is 2. The number of carbonyl (C=O) groups is 2. The molecule has 0 spiro atoms. The van der Waals surface area contributed by atoms with Gasteiger partial charge in [-0.3, -0.25) is 0 Å². The van der Waals surface area contributed by atoms with E-state index < -0.39 is 32.9 Å².